The van der Waals surface area contributed by atoms with Crippen molar-refractivity contribution in [2.75, 3.05) is 18.8 Å². The standard InChI is InChI=1S/C16H22N4O2S/c1-3-23(21,22)19-8-6-14(11-19)12-20-13(2)9-18-16(20)15-5-4-7-17-10-15/h4-5,7,9-10,14H,3,6,8,11-12H2,1-2H3. The van der Waals surface area contributed by atoms with Gasteiger partial charge in [0.2, 0.25) is 10.0 Å². The van der Waals surface area contributed by atoms with Gasteiger partial charge in [-0.25, -0.2) is 17.7 Å². The first-order valence-electron chi connectivity index (χ1n) is 7.91. The number of aromatic nitrogens is 3. The van der Waals surface area contributed by atoms with E-state index in [1.54, 1.807) is 23.6 Å². The van der Waals surface area contributed by atoms with E-state index in [9.17, 15) is 8.42 Å². The van der Waals surface area contributed by atoms with Gasteiger partial charge in [0.1, 0.15) is 5.82 Å². The van der Waals surface area contributed by atoms with Gasteiger partial charge in [0, 0.05) is 49.5 Å². The molecule has 0 N–H and O–H groups in total. The van der Waals surface area contributed by atoms with Crippen LogP contribution in [0, 0.1) is 12.8 Å². The lowest BCUT2D eigenvalue weighted by Crippen LogP contribution is -2.30. The van der Waals surface area contributed by atoms with Crippen LogP contribution in [0.15, 0.2) is 30.7 Å². The highest BCUT2D eigenvalue weighted by molar-refractivity contribution is 7.89. The number of aryl methyl sites for hydroxylation is 1. The summed E-state index contributed by atoms with van der Waals surface area (Å²) in [6, 6.07) is 3.89. The van der Waals surface area contributed by atoms with Crippen molar-refractivity contribution in [3.63, 3.8) is 0 Å². The molecule has 3 rings (SSSR count). The normalized spacial score (nSPS) is 19.3. The number of hydrogen-bond acceptors (Lipinski definition) is 4. The first-order valence-corrected chi connectivity index (χ1v) is 9.52. The van der Waals surface area contributed by atoms with Crippen LogP contribution in [0.1, 0.15) is 19.0 Å². The molecule has 124 valence electrons. The first kappa shape index (κ1) is 16.1. The van der Waals surface area contributed by atoms with E-state index in [2.05, 4.69) is 14.5 Å². The minimum atomic E-state index is -3.08. The number of pyridine rings is 1. The van der Waals surface area contributed by atoms with Crippen molar-refractivity contribution in [3.8, 4) is 11.4 Å². The second kappa shape index (κ2) is 6.41. The van der Waals surface area contributed by atoms with E-state index in [1.165, 1.54) is 0 Å². The fourth-order valence-electron chi connectivity index (χ4n) is 3.06. The zero-order valence-electron chi connectivity index (χ0n) is 13.5. The summed E-state index contributed by atoms with van der Waals surface area (Å²) in [6.07, 6.45) is 6.30. The maximum absolute atomic E-state index is 12.0. The molecule has 2 aromatic rings. The predicted molar refractivity (Wildman–Crippen MR) is 89.3 cm³/mol. The van der Waals surface area contributed by atoms with Gasteiger partial charge in [-0.15, -0.1) is 0 Å². The molecule has 3 heterocycles. The fraction of sp³-hybridized carbons (Fsp3) is 0.500. The third-order valence-corrected chi connectivity index (χ3v) is 6.27. The molecule has 0 saturated carbocycles. The molecule has 2 aromatic heterocycles. The second-order valence-corrected chi connectivity index (χ2v) is 8.25. The van der Waals surface area contributed by atoms with Gasteiger partial charge >= 0.3 is 0 Å². The lowest BCUT2D eigenvalue weighted by molar-refractivity contribution is 0.428. The SMILES string of the molecule is CCS(=O)(=O)N1CCC(Cn2c(C)cnc2-c2cccnc2)C1. The number of imidazole rings is 1. The van der Waals surface area contributed by atoms with Gasteiger partial charge in [-0.1, -0.05) is 0 Å². The maximum Gasteiger partial charge on any atom is 0.213 e. The summed E-state index contributed by atoms with van der Waals surface area (Å²) in [6.45, 7) is 5.73. The third-order valence-electron chi connectivity index (χ3n) is 4.42. The minimum Gasteiger partial charge on any atom is -0.328 e. The lowest BCUT2D eigenvalue weighted by Gasteiger charge is -2.17. The van der Waals surface area contributed by atoms with Gasteiger partial charge in [0.05, 0.1) is 5.75 Å². The smallest absolute Gasteiger partial charge is 0.213 e. The molecule has 1 aliphatic heterocycles. The molecule has 0 aromatic carbocycles. The molecule has 0 spiro atoms. The highest BCUT2D eigenvalue weighted by Gasteiger charge is 2.30. The van der Waals surface area contributed by atoms with Crippen molar-refractivity contribution in [1.29, 1.82) is 0 Å². The second-order valence-electron chi connectivity index (χ2n) is 5.99. The van der Waals surface area contributed by atoms with Gasteiger partial charge in [0.15, 0.2) is 0 Å². The van der Waals surface area contributed by atoms with Crippen molar-refractivity contribution in [1.82, 2.24) is 18.8 Å². The lowest BCUT2D eigenvalue weighted by atomic mass is 10.1. The molecule has 1 saturated heterocycles. The predicted octanol–water partition coefficient (Wildman–Crippen LogP) is 1.93. The van der Waals surface area contributed by atoms with Crippen molar-refractivity contribution >= 4 is 10.0 Å². The number of rotatable bonds is 5. The Morgan fingerprint density at radius 1 is 1.35 bits per heavy atom. The molecular weight excluding hydrogens is 312 g/mol. The fourth-order valence-corrected chi connectivity index (χ4v) is 4.24. The highest BCUT2D eigenvalue weighted by atomic mass is 32.2. The third kappa shape index (κ3) is 3.30. The van der Waals surface area contributed by atoms with E-state index in [1.807, 2.05) is 25.3 Å². The van der Waals surface area contributed by atoms with Crippen LogP contribution in [-0.2, 0) is 16.6 Å². The Bertz CT molecular complexity index is 771. The molecule has 23 heavy (non-hydrogen) atoms. The van der Waals surface area contributed by atoms with Crippen LogP contribution in [0.5, 0.6) is 0 Å². The van der Waals surface area contributed by atoms with E-state index in [0.29, 0.717) is 19.0 Å². The van der Waals surface area contributed by atoms with E-state index in [0.717, 1.165) is 30.0 Å². The number of hydrogen-bond donors (Lipinski definition) is 0. The van der Waals surface area contributed by atoms with Gasteiger partial charge in [-0.3, -0.25) is 4.98 Å². The Hall–Kier alpha value is -1.73. The Morgan fingerprint density at radius 2 is 2.17 bits per heavy atom. The van der Waals surface area contributed by atoms with Crippen LogP contribution >= 0.6 is 0 Å². The monoisotopic (exact) mass is 334 g/mol. The summed E-state index contributed by atoms with van der Waals surface area (Å²) in [5.74, 6) is 1.39. The maximum atomic E-state index is 12.0. The molecule has 1 atom stereocenters. The Balaban J connectivity index is 1.79. The van der Waals surface area contributed by atoms with E-state index in [-0.39, 0.29) is 5.75 Å². The van der Waals surface area contributed by atoms with Crippen molar-refractivity contribution < 1.29 is 8.42 Å². The molecular formula is C16H22N4O2S. The molecule has 0 aliphatic carbocycles. The Kier molecular flexibility index (Phi) is 4.50. The molecule has 0 amide bonds. The minimum absolute atomic E-state index is 0.171. The quantitative estimate of drug-likeness (QED) is 0.838. The van der Waals surface area contributed by atoms with E-state index >= 15 is 0 Å². The van der Waals surface area contributed by atoms with Gasteiger partial charge < -0.3 is 4.57 Å². The van der Waals surface area contributed by atoms with Crippen molar-refractivity contribution in [2.24, 2.45) is 5.92 Å². The topological polar surface area (TPSA) is 68.1 Å². The summed E-state index contributed by atoms with van der Waals surface area (Å²) in [4.78, 5) is 8.66. The average molecular weight is 334 g/mol. The zero-order chi connectivity index (χ0) is 16.4. The van der Waals surface area contributed by atoms with Crippen molar-refractivity contribution in [2.45, 2.75) is 26.8 Å². The Labute approximate surface area is 137 Å². The Morgan fingerprint density at radius 3 is 2.87 bits per heavy atom. The van der Waals surface area contributed by atoms with Crippen LogP contribution in [0.4, 0.5) is 0 Å². The average Bonchev–Trinajstić information content (AvgIpc) is 3.17. The summed E-state index contributed by atoms with van der Waals surface area (Å²) in [7, 11) is -3.08. The molecule has 1 fully saturated rings. The first-order chi connectivity index (χ1) is 11.0. The summed E-state index contributed by atoms with van der Waals surface area (Å²) < 4.78 is 27.8. The highest BCUT2D eigenvalue weighted by Crippen LogP contribution is 2.25. The molecule has 1 unspecified atom stereocenters. The van der Waals surface area contributed by atoms with Crippen LogP contribution in [0.2, 0.25) is 0 Å². The molecule has 0 bridgehead atoms. The van der Waals surface area contributed by atoms with E-state index in [4.69, 9.17) is 0 Å². The van der Waals surface area contributed by atoms with Crippen molar-refractivity contribution in [3.05, 3.63) is 36.4 Å². The van der Waals surface area contributed by atoms with Crippen LogP contribution in [-0.4, -0.2) is 46.1 Å². The van der Waals surface area contributed by atoms with Gasteiger partial charge in [-0.2, -0.15) is 0 Å². The van der Waals surface area contributed by atoms with Gasteiger partial charge in [0.25, 0.3) is 0 Å². The summed E-state index contributed by atoms with van der Waals surface area (Å²) in [5.41, 5.74) is 2.07. The number of sulfonamides is 1. The van der Waals surface area contributed by atoms with Crippen LogP contribution in [0.3, 0.4) is 0 Å². The van der Waals surface area contributed by atoms with Crippen LogP contribution in [0.25, 0.3) is 11.4 Å². The van der Waals surface area contributed by atoms with Gasteiger partial charge in [-0.05, 0) is 38.3 Å². The zero-order valence-corrected chi connectivity index (χ0v) is 14.3. The summed E-state index contributed by atoms with van der Waals surface area (Å²) >= 11 is 0. The number of nitrogens with zero attached hydrogens (tertiary/aromatic N) is 4. The largest absolute Gasteiger partial charge is 0.328 e. The van der Waals surface area contributed by atoms with E-state index < -0.39 is 10.0 Å². The molecule has 0 radical (unpaired) electrons. The molecule has 7 heteroatoms. The summed E-state index contributed by atoms with van der Waals surface area (Å²) in [5, 5.41) is 0. The van der Waals surface area contributed by atoms with Crippen LogP contribution < -0.4 is 0 Å². The molecule has 6 nitrogen and oxygen atoms in total. The molecule has 1 aliphatic rings.